The van der Waals surface area contributed by atoms with Crippen LogP contribution in [0, 0.1) is 0 Å². The number of fused-ring (bicyclic) bond motifs is 2. The van der Waals surface area contributed by atoms with E-state index in [2.05, 4.69) is 34.1 Å². The van der Waals surface area contributed by atoms with Gasteiger partial charge in [-0.15, -0.1) is 0 Å². The van der Waals surface area contributed by atoms with Gasteiger partial charge >= 0.3 is 0 Å². The number of imide groups is 1. The quantitative estimate of drug-likeness (QED) is 0.128. The maximum absolute atomic E-state index is 11.9. The first-order valence-corrected chi connectivity index (χ1v) is 16.6. The first kappa shape index (κ1) is 31.2. The molecule has 1 atom stereocenters. The largest absolute Gasteiger partial charge is 0.486 e. The number of thiocarbonyl (C=S) groups is 1. The minimum atomic E-state index is -0.398. The zero-order valence-electron chi connectivity index (χ0n) is 25.9. The predicted octanol–water partition coefficient (Wildman–Crippen LogP) is 7.48. The van der Waals surface area contributed by atoms with Gasteiger partial charge in [-0.3, -0.25) is 14.9 Å². The number of aryl methyl sites for hydroxylation is 1. The fraction of sp³-hybridized carbons (Fsp3) is 0.135. The van der Waals surface area contributed by atoms with Crippen molar-refractivity contribution in [1.82, 2.24) is 20.2 Å². The minimum Gasteiger partial charge on any atom is -0.486 e. The Bertz CT molecular complexity index is 2150. The zero-order valence-corrected chi connectivity index (χ0v) is 27.6. The maximum Gasteiger partial charge on any atom is 0.286 e. The molecule has 1 saturated heterocycles. The van der Waals surface area contributed by atoms with Crippen LogP contribution in [0.1, 0.15) is 17.0 Å². The Morgan fingerprint density at radius 1 is 0.896 bits per heavy atom. The van der Waals surface area contributed by atoms with Gasteiger partial charge in [0, 0.05) is 30.7 Å². The number of thioether (sulfide) groups is 1. The second-order valence-electron chi connectivity index (χ2n) is 11.3. The summed E-state index contributed by atoms with van der Waals surface area (Å²) in [5, 5.41) is 10.8. The summed E-state index contributed by atoms with van der Waals surface area (Å²) < 4.78 is 14.4. The maximum atomic E-state index is 11.9. The molecule has 1 aromatic heterocycles. The summed E-state index contributed by atoms with van der Waals surface area (Å²) in [5.74, 6) is 2.60. The van der Waals surface area contributed by atoms with Crippen molar-refractivity contribution in [3.8, 4) is 17.2 Å². The Hall–Kier alpha value is -5.39. The van der Waals surface area contributed by atoms with E-state index >= 15 is 0 Å². The molecule has 0 spiro atoms. The molecule has 2 heterocycles. The molecule has 9 nitrogen and oxygen atoms in total. The Kier molecular flexibility index (Phi) is 8.95. The van der Waals surface area contributed by atoms with Crippen LogP contribution in [-0.2, 0) is 31.4 Å². The molecule has 7 rings (SSSR count). The van der Waals surface area contributed by atoms with Gasteiger partial charge in [0.15, 0.2) is 5.11 Å². The molecule has 1 fully saturated rings. The second-order valence-corrected chi connectivity index (χ2v) is 12.9. The van der Waals surface area contributed by atoms with Gasteiger partial charge in [-0.05, 0) is 77.6 Å². The fourth-order valence-corrected chi connectivity index (χ4v) is 6.57. The van der Waals surface area contributed by atoms with Crippen molar-refractivity contribution in [3.63, 3.8) is 0 Å². The van der Waals surface area contributed by atoms with Crippen LogP contribution in [0.2, 0.25) is 0 Å². The lowest BCUT2D eigenvalue weighted by Crippen LogP contribution is -2.27. The lowest BCUT2D eigenvalue weighted by Gasteiger charge is -2.14. The standard InChI is InChI=1S/C37H31N5O4S2/c1-42-32-20-28(16-17-31(32)39-34(42)22-45-26-13-10-23(11-14-26)18-33-35(43)41-37(44)48-33)46-27-15-12-25-8-5-9-30(29(25)19-27)40-36(47)38-21-24-6-3-2-4-7-24/h2-17,19-20,33H,18,21-22H2,1H3,(H2,38,40,47)(H,41,43,44). The summed E-state index contributed by atoms with van der Waals surface area (Å²) in [5.41, 5.74) is 4.75. The van der Waals surface area contributed by atoms with Crippen LogP contribution in [-0.4, -0.2) is 31.1 Å². The van der Waals surface area contributed by atoms with E-state index in [1.165, 1.54) is 0 Å². The molecular weight excluding hydrogens is 643 g/mol. The third-order valence-corrected chi connectivity index (χ3v) is 9.29. The van der Waals surface area contributed by atoms with Crippen LogP contribution in [0.25, 0.3) is 21.8 Å². The highest BCUT2D eigenvalue weighted by Crippen LogP contribution is 2.32. The van der Waals surface area contributed by atoms with Crippen molar-refractivity contribution >= 4 is 67.7 Å². The number of carbonyl (C=O) groups excluding carboxylic acids is 2. The number of anilines is 1. The molecule has 1 unspecified atom stereocenters. The molecular formula is C37H31N5O4S2. The van der Waals surface area contributed by atoms with Crippen LogP contribution in [0.15, 0.2) is 109 Å². The summed E-state index contributed by atoms with van der Waals surface area (Å²) in [6.45, 7) is 0.911. The van der Waals surface area contributed by atoms with E-state index in [9.17, 15) is 9.59 Å². The first-order chi connectivity index (χ1) is 23.4. The molecule has 1 aliphatic rings. The Morgan fingerprint density at radius 3 is 2.46 bits per heavy atom. The molecule has 2 amide bonds. The summed E-state index contributed by atoms with van der Waals surface area (Å²) in [6.07, 6.45) is 0.482. The highest BCUT2D eigenvalue weighted by Gasteiger charge is 2.31. The predicted molar refractivity (Wildman–Crippen MR) is 194 cm³/mol. The van der Waals surface area contributed by atoms with Crippen molar-refractivity contribution in [3.05, 3.63) is 126 Å². The Balaban J connectivity index is 1.00. The van der Waals surface area contributed by atoms with Crippen LogP contribution in [0.4, 0.5) is 10.5 Å². The van der Waals surface area contributed by atoms with Crippen molar-refractivity contribution in [2.24, 2.45) is 7.05 Å². The highest BCUT2D eigenvalue weighted by atomic mass is 32.2. The number of hydrogen-bond acceptors (Lipinski definition) is 7. The number of hydrogen-bond donors (Lipinski definition) is 3. The first-order valence-electron chi connectivity index (χ1n) is 15.4. The molecule has 5 aromatic carbocycles. The number of carbonyl (C=O) groups is 2. The second kappa shape index (κ2) is 13.8. The molecule has 240 valence electrons. The van der Waals surface area contributed by atoms with Crippen molar-refractivity contribution in [2.75, 3.05) is 5.32 Å². The molecule has 1 aliphatic heterocycles. The van der Waals surface area contributed by atoms with Gasteiger partial charge in [-0.1, -0.05) is 72.4 Å². The molecule has 0 radical (unpaired) electrons. The zero-order chi connectivity index (χ0) is 33.0. The van der Waals surface area contributed by atoms with Crippen molar-refractivity contribution in [1.29, 1.82) is 0 Å². The van der Waals surface area contributed by atoms with Gasteiger partial charge in [0.1, 0.15) is 29.7 Å². The number of benzene rings is 5. The van der Waals surface area contributed by atoms with E-state index in [1.54, 1.807) is 0 Å². The molecule has 3 N–H and O–H groups in total. The summed E-state index contributed by atoms with van der Waals surface area (Å²) in [6, 6.07) is 35.6. The van der Waals surface area contributed by atoms with Crippen LogP contribution in [0.5, 0.6) is 17.2 Å². The minimum absolute atomic E-state index is 0.243. The van der Waals surface area contributed by atoms with Crippen molar-refractivity contribution < 1.29 is 19.1 Å². The van der Waals surface area contributed by atoms with E-state index in [4.69, 9.17) is 26.7 Å². The number of ether oxygens (including phenoxy) is 2. The highest BCUT2D eigenvalue weighted by molar-refractivity contribution is 8.15. The van der Waals surface area contributed by atoms with Gasteiger partial charge in [0.05, 0.1) is 16.3 Å². The lowest BCUT2D eigenvalue weighted by atomic mass is 10.1. The number of nitrogens with zero attached hydrogens (tertiary/aromatic N) is 2. The van der Waals surface area contributed by atoms with Crippen LogP contribution >= 0.6 is 24.0 Å². The lowest BCUT2D eigenvalue weighted by molar-refractivity contribution is -0.118. The van der Waals surface area contributed by atoms with Crippen LogP contribution < -0.4 is 25.4 Å². The van der Waals surface area contributed by atoms with E-state index in [0.717, 1.165) is 56.2 Å². The molecule has 48 heavy (non-hydrogen) atoms. The van der Waals surface area contributed by atoms with Gasteiger partial charge < -0.3 is 24.7 Å². The molecule has 0 saturated carbocycles. The average Bonchev–Trinajstić information content (AvgIpc) is 3.59. The third-order valence-electron chi connectivity index (χ3n) is 8.06. The summed E-state index contributed by atoms with van der Waals surface area (Å²) in [4.78, 5) is 28.1. The van der Waals surface area contributed by atoms with Gasteiger partial charge in [-0.2, -0.15) is 0 Å². The van der Waals surface area contributed by atoms with E-state index in [1.807, 2.05) is 103 Å². The molecule has 6 aromatic rings. The SMILES string of the molecule is Cn1c(COc2ccc(CC3SC(=O)NC3=O)cc2)nc2ccc(Oc3ccc4cccc(NC(=S)NCc5ccccc5)c4c3)cc21. The normalized spacial score (nSPS) is 14.2. The number of aromatic nitrogens is 2. The van der Waals surface area contributed by atoms with E-state index in [0.29, 0.717) is 35.3 Å². The molecule has 0 bridgehead atoms. The van der Waals surface area contributed by atoms with Crippen molar-refractivity contribution in [2.45, 2.75) is 24.8 Å². The average molecular weight is 674 g/mol. The Labute approximate surface area is 286 Å². The summed E-state index contributed by atoms with van der Waals surface area (Å²) in [7, 11) is 1.95. The fourth-order valence-electron chi connectivity index (χ4n) is 5.53. The van der Waals surface area contributed by atoms with Gasteiger partial charge in [0.2, 0.25) is 5.91 Å². The van der Waals surface area contributed by atoms with E-state index < -0.39 is 5.25 Å². The van der Waals surface area contributed by atoms with Gasteiger partial charge in [-0.25, -0.2) is 4.98 Å². The van der Waals surface area contributed by atoms with E-state index in [-0.39, 0.29) is 17.8 Å². The number of nitrogens with one attached hydrogen (secondary N) is 3. The third kappa shape index (κ3) is 7.12. The van der Waals surface area contributed by atoms with Crippen LogP contribution in [0.3, 0.4) is 0 Å². The molecule has 0 aliphatic carbocycles. The monoisotopic (exact) mass is 673 g/mol. The number of amides is 2. The smallest absolute Gasteiger partial charge is 0.286 e. The summed E-state index contributed by atoms with van der Waals surface area (Å²) >= 11 is 6.61. The number of rotatable bonds is 10. The Morgan fingerprint density at radius 2 is 1.67 bits per heavy atom. The molecule has 11 heteroatoms. The van der Waals surface area contributed by atoms with Gasteiger partial charge in [0.25, 0.3) is 5.24 Å². The number of imidazole rings is 1. The topological polar surface area (TPSA) is 107 Å².